The number of ether oxygens (including phenoxy) is 1. The summed E-state index contributed by atoms with van der Waals surface area (Å²) >= 11 is 0. The highest BCUT2D eigenvalue weighted by Gasteiger charge is 2.31. The number of hydrogen-bond acceptors (Lipinski definition) is 4. The van der Waals surface area contributed by atoms with Gasteiger partial charge in [0.1, 0.15) is 5.75 Å². The molecule has 0 fully saturated rings. The molecule has 2 aromatic rings. The predicted molar refractivity (Wildman–Crippen MR) is 107 cm³/mol. The minimum Gasteiger partial charge on any atom is -0.481 e. The van der Waals surface area contributed by atoms with Crippen LogP contribution in [-0.2, 0) is 17.5 Å². The van der Waals surface area contributed by atoms with Crippen molar-refractivity contribution in [1.82, 2.24) is 9.80 Å². The summed E-state index contributed by atoms with van der Waals surface area (Å²) in [5, 5.41) is 8.86. The van der Waals surface area contributed by atoms with Crippen LogP contribution < -0.4 is 4.74 Å². The second-order valence-electron chi connectivity index (χ2n) is 7.16. The standard InChI is InChI=1S/C22H24F3N3O2/c1-16(30-20-9-7-17(14-26)8-10-20)21(29)28(12-11-27(2)3)15-18-5-4-6-19(13-18)22(23,24)25/h4-10,13,16H,11-12,15H2,1-3H3. The molecule has 160 valence electrons. The molecule has 5 nitrogen and oxygen atoms in total. The van der Waals surface area contributed by atoms with E-state index in [2.05, 4.69) is 0 Å². The zero-order valence-corrected chi connectivity index (χ0v) is 17.1. The molecule has 1 amide bonds. The quantitative estimate of drug-likeness (QED) is 0.651. The largest absolute Gasteiger partial charge is 0.481 e. The van der Waals surface area contributed by atoms with Gasteiger partial charge in [-0.25, -0.2) is 0 Å². The molecule has 0 aliphatic rings. The number of nitriles is 1. The maximum atomic E-state index is 13.0. The molecule has 0 bridgehead atoms. The summed E-state index contributed by atoms with van der Waals surface area (Å²) in [5.74, 6) is 0.0973. The molecule has 0 aliphatic carbocycles. The van der Waals surface area contributed by atoms with Crippen LogP contribution in [-0.4, -0.2) is 49.0 Å². The van der Waals surface area contributed by atoms with Gasteiger partial charge in [-0.05, 0) is 63.0 Å². The van der Waals surface area contributed by atoms with Gasteiger partial charge in [0.2, 0.25) is 0 Å². The topological polar surface area (TPSA) is 56.6 Å². The lowest BCUT2D eigenvalue weighted by Gasteiger charge is -2.27. The molecule has 0 aromatic heterocycles. The fraction of sp³-hybridized carbons (Fsp3) is 0.364. The van der Waals surface area contributed by atoms with Crippen molar-refractivity contribution in [3.05, 3.63) is 65.2 Å². The fourth-order valence-corrected chi connectivity index (χ4v) is 2.77. The molecule has 1 unspecified atom stereocenters. The van der Waals surface area contributed by atoms with Gasteiger partial charge in [-0.15, -0.1) is 0 Å². The molecule has 0 saturated heterocycles. The average molecular weight is 419 g/mol. The number of hydrogen-bond donors (Lipinski definition) is 0. The lowest BCUT2D eigenvalue weighted by atomic mass is 10.1. The third-order valence-corrected chi connectivity index (χ3v) is 4.40. The second-order valence-corrected chi connectivity index (χ2v) is 7.16. The first-order valence-electron chi connectivity index (χ1n) is 9.36. The normalized spacial score (nSPS) is 12.3. The van der Waals surface area contributed by atoms with Gasteiger partial charge in [0.15, 0.2) is 6.10 Å². The Morgan fingerprint density at radius 2 is 1.80 bits per heavy atom. The summed E-state index contributed by atoms with van der Waals surface area (Å²) in [7, 11) is 3.70. The van der Waals surface area contributed by atoms with Crippen molar-refractivity contribution in [2.75, 3.05) is 27.2 Å². The van der Waals surface area contributed by atoms with E-state index in [1.54, 1.807) is 37.3 Å². The molecule has 8 heteroatoms. The minimum absolute atomic E-state index is 0.0393. The lowest BCUT2D eigenvalue weighted by molar-refractivity contribution is -0.138. The molecule has 2 aromatic carbocycles. The van der Waals surface area contributed by atoms with Crippen molar-refractivity contribution in [3.8, 4) is 11.8 Å². The van der Waals surface area contributed by atoms with E-state index in [-0.39, 0.29) is 12.5 Å². The minimum atomic E-state index is -4.44. The highest BCUT2D eigenvalue weighted by atomic mass is 19.4. The van der Waals surface area contributed by atoms with Crippen molar-refractivity contribution in [1.29, 1.82) is 5.26 Å². The van der Waals surface area contributed by atoms with Crippen LogP contribution in [0.25, 0.3) is 0 Å². The third kappa shape index (κ3) is 6.78. The van der Waals surface area contributed by atoms with E-state index in [9.17, 15) is 18.0 Å². The van der Waals surface area contributed by atoms with E-state index < -0.39 is 17.8 Å². The van der Waals surface area contributed by atoms with Crippen LogP contribution in [0.15, 0.2) is 48.5 Å². The maximum absolute atomic E-state index is 13.0. The van der Waals surface area contributed by atoms with Crippen LogP contribution in [0.2, 0.25) is 0 Å². The highest BCUT2D eigenvalue weighted by molar-refractivity contribution is 5.81. The van der Waals surface area contributed by atoms with Gasteiger partial charge in [-0.1, -0.05) is 12.1 Å². The third-order valence-electron chi connectivity index (χ3n) is 4.40. The Labute approximate surface area is 174 Å². The van der Waals surface area contributed by atoms with Gasteiger partial charge in [0.05, 0.1) is 17.2 Å². The molecule has 0 spiro atoms. The molecule has 0 radical (unpaired) electrons. The second kappa shape index (κ2) is 10.1. The number of carbonyl (C=O) groups is 1. The summed E-state index contributed by atoms with van der Waals surface area (Å²) in [6.45, 7) is 2.52. The predicted octanol–water partition coefficient (Wildman–Crippen LogP) is 3.93. The number of alkyl halides is 3. The number of amides is 1. The lowest BCUT2D eigenvalue weighted by Crippen LogP contribution is -2.43. The van der Waals surface area contributed by atoms with E-state index in [0.29, 0.717) is 30.0 Å². The summed E-state index contributed by atoms with van der Waals surface area (Å²) < 4.78 is 44.7. The first-order chi connectivity index (χ1) is 14.1. The summed E-state index contributed by atoms with van der Waals surface area (Å²) in [6.07, 6.45) is -5.29. The molecule has 0 saturated carbocycles. The number of nitrogens with zero attached hydrogens (tertiary/aromatic N) is 3. The Morgan fingerprint density at radius 3 is 2.37 bits per heavy atom. The van der Waals surface area contributed by atoms with Crippen LogP contribution >= 0.6 is 0 Å². The van der Waals surface area contributed by atoms with Crippen molar-refractivity contribution in [2.24, 2.45) is 0 Å². The molecular weight excluding hydrogens is 395 g/mol. The molecule has 0 aliphatic heterocycles. The smallest absolute Gasteiger partial charge is 0.416 e. The van der Waals surface area contributed by atoms with Crippen LogP contribution in [0, 0.1) is 11.3 Å². The van der Waals surface area contributed by atoms with Gasteiger partial charge in [0.25, 0.3) is 5.91 Å². The maximum Gasteiger partial charge on any atom is 0.416 e. The summed E-state index contributed by atoms with van der Waals surface area (Å²) in [5.41, 5.74) is 0.114. The number of rotatable bonds is 8. The Hall–Kier alpha value is -3.05. The van der Waals surface area contributed by atoms with Crippen molar-refractivity contribution in [3.63, 3.8) is 0 Å². The van der Waals surface area contributed by atoms with Gasteiger partial charge in [-0.2, -0.15) is 18.4 Å². The van der Waals surface area contributed by atoms with Gasteiger partial charge >= 0.3 is 6.18 Å². The van der Waals surface area contributed by atoms with Gasteiger partial charge < -0.3 is 14.5 Å². The Bertz CT molecular complexity index is 890. The molecule has 30 heavy (non-hydrogen) atoms. The monoisotopic (exact) mass is 419 g/mol. The number of likely N-dealkylation sites (N-methyl/N-ethyl adjacent to an activating group) is 1. The zero-order valence-electron chi connectivity index (χ0n) is 17.1. The summed E-state index contributed by atoms with van der Waals surface area (Å²) in [6, 6.07) is 13.3. The van der Waals surface area contributed by atoms with E-state index in [0.717, 1.165) is 12.1 Å². The van der Waals surface area contributed by atoms with Crippen LogP contribution in [0.5, 0.6) is 5.75 Å². The van der Waals surface area contributed by atoms with E-state index in [4.69, 9.17) is 10.00 Å². The fourth-order valence-electron chi connectivity index (χ4n) is 2.77. The van der Waals surface area contributed by atoms with E-state index in [1.807, 2.05) is 25.1 Å². The Morgan fingerprint density at radius 1 is 1.13 bits per heavy atom. The van der Waals surface area contributed by atoms with Crippen LogP contribution in [0.1, 0.15) is 23.6 Å². The van der Waals surface area contributed by atoms with Crippen LogP contribution in [0.3, 0.4) is 0 Å². The molecule has 0 heterocycles. The average Bonchev–Trinajstić information content (AvgIpc) is 2.70. The van der Waals surface area contributed by atoms with Crippen molar-refractivity contribution >= 4 is 5.91 Å². The summed E-state index contributed by atoms with van der Waals surface area (Å²) in [4.78, 5) is 16.4. The number of carbonyl (C=O) groups excluding carboxylic acids is 1. The molecular formula is C22H24F3N3O2. The van der Waals surface area contributed by atoms with Crippen LogP contribution in [0.4, 0.5) is 13.2 Å². The highest BCUT2D eigenvalue weighted by Crippen LogP contribution is 2.29. The zero-order chi connectivity index (χ0) is 22.3. The molecule has 0 N–H and O–H groups in total. The van der Waals surface area contributed by atoms with Gasteiger partial charge in [0, 0.05) is 19.6 Å². The van der Waals surface area contributed by atoms with Gasteiger partial charge in [-0.3, -0.25) is 4.79 Å². The molecule has 1 atom stereocenters. The first kappa shape index (κ1) is 23.2. The van der Waals surface area contributed by atoms with E-state index in [1.165, 1.54) is 11.0 Å². The first-order valence-corrected chi connectivity index (χ1v) is 9.36. The SMILES string of the molecule is CC(Oc1ccc(C#N)cc1)C(=O)N(CCN(C)C)Cc1cccc(C(F)(F)F)c1. The van der Waals surface area contributed by atoms with Crippen molar-refractivity contribution < 1.29 is 22.7 Å². The number of benzene rings is 2. The Balaban J connectivity index is 2.16. The van der Waals surface area contributed by atoms with E-state index >= 15 is 0 Å². The number of halogens is 3. The Kier molecular flexibility index (Phi) is 7.84. The van der Waals surface area contributed by atoms with Crippen molar-refractivity contribution in [2.45, 2.75) is 25.7 Å². The molecule has 2 rings (SSSR count).